The number of rotatable bonds is 5. The van der Waals surface area contributed by atoms with Crippen molar-refractivity contribution in [3.8, 4) is 0 Å². The Balaban J connectivity index is 1.41. The van der Waals surface area contributed by atoms with Crippen molar-refractivity contribution < 1.29 is 18.0 Å². The lowest BCUT2D eigenvalue weighted by Gasteiger charge is -2.25. The van der Waals surface area contributed by atoms with Crippen molar-refractivity contribution in [3.05, 3.63) is 58.7 Å². The summed E-state index contributed by atoms with van der Waals surface area (Å²) in [5, 5.41) is 8.00. The summed E-state index contributed by atoms with van der Waals surface area (Å²) in [5.74, 6) is 0.0208. The van der Waals surface area contributed by atoms with Crippen LogP contribution < -0.4 is 15.4 Å². The molecule has 3 N–H and O–H groups in total. The standard InChI is InChI=1S/C20H21N3O4S/c21-28(26,27)17-4-1-13(2-5-17)7-9-22-20(25)16-11-14-3-6-18(24)23-10-8-15(12-16)19(14)23/h1-2,4-5,11-12H,3,6-10H2,(H,22,25)(H2,21,26,27). The minimum absolute atomic E-state index is 0.0694. The second kappa shape index (κ2) is 7.03. The molecule has 2 aromatic carbocycles. The molecule has 0 bridgehead atoms. The monoisotopic (exact) mass is 399 g/mol. The summed E-state index contributed by atoms with van der Waals surface area (Å²) in [6.45, 7) is 1.13. The van der Waals surface area contributed by atoms with Gasteiger partial charge in [-0.2, -0.15) is 0 Å². The molecule has 0 atom stereocenters. The molecule has 0 aromatic heterocycles. The number of nitrogens with two attached hydrogens (primary N) is 1. The number of benzene rings is 2. The van der Waals surface area contributed by atoms with Gasteiger partial charge in [0.25, 0.3) is 5.91 Å². The van der Waals surface area contributed by atoms with E-state index in [1.807, 2.05) is 17.0 Å². The summed E-state index contributed by atoms with van der Waals surface area (Å²) in [5.41, 5.74) is 4.66. The molecule has 0 saturated heterocycles. The Morgan fingerprint density at radius 1 is 1.07 bits per heavy atom. The second-order valence-corrected chi connectivity index (χ2v) is 8.69. The number of hydrogen-bond donors (Lipinski definition) is 2. The summed E-state index contributed by atoms with van der Waals surface area (Å²) in [7, 11) is -3.70. The number of amides is 2. The summed E-state index contributed by atoms with van der Waals surface area (Å²) in [4.78, 5) is 26.5. The first-order valence-corrected chi connectivity index (χ1v) is 10.7. The highest BCUT2D eigenvalue weighted by Gasteiger charge is 2.31. The van der Waals surface area contributed by atoms with Crippen LogP contribution >= 0.6 is 0 Å². The molecule has 2 heterocycles. The van der Waals surface area contributed by atoms with Crippen LogP contribution in [0.4, 0.5) is 5.69 Å². The zero-order valence-electron chi connectivity index (χ0n) is 15.3. The summed E-state index contributed by atoms with van der Waals surface area (Å²) in [6, 6.07) is 10.1. The largest absolute Gasteiger partial charge is 0.352 e. The topological polar surface area (TPSA) is 110 Å². The van der Waals surface area contributed by atoms with E-state index >= 15 is 0 Å². The zero-order chi connectivity index (χ0) is 19.9. The van der Waals surface area contributed by atoms with Crippen molar-refractivity contribution in [2.24, 2.45) is 5.14 Å². The highest BCUT2D eigenvalue weighted by Crippen LogP contribution is 2.37. The van der Waals surface area contributed by atoms with E-state index in [0.29, 0.717) is 37.9 Å². The molecule has 2 aliphatic heterocycles. The number of anilines is 1. The molecule has 146 valence electrons. The van der Waals surface area contributed by atoms with E-state index in [4.69, 9.17) is 5.14 Å². The fourth-order valence-electron chi connectivity index (χ4n) is 3.86. The molecule has 0 saturated carbocycles. The second-order valence-electron chi connectivity index (χ2n) is 7.13. The number of carbonyl (C=O) groups excluding carboxylic acids is 2. The molecule has 0 radical (unpaired) electrons. The number of nitrogens with one attached hydrogen (secondary N) is 1. The molecule has 0 fully saturated rings. The number of aryl methyl sites for hydroxylation is 1. The lowest BCUT2D eigenvalue weighted by atomic mass is 9.96. The Morgan fingerprint density at radius 3 is 2.43 bits per heavy atom. The van der Waals surface area contributed by atoms with Gasteiger partial charge in [-0.25, -0.2) is 13.6 Å². The smallest absolute Gasteiger partial charge is 0.251 e. The molecule has 8 heteroatoms. The molecule has 4 rings (SSSR count). The van der Waals surface area contributed by atoms with Gasteiger partial charge in [0, 0.05) is 25.1 Å². The van der Waals surface area contributed by atoms with Crippen LogP contribution in [0.3, 0.4) is 0 Å². The lowest BCUT2D eigenvalue weighted by Crippen LogP contribution is -2.33. The first-order valence-electron chi connectivity index (χ1n) is 9.19. The van der Waals surface area contributed by atoms with E-state index < -0.39 is 10.0 Å². The third-order valence-corrected chi connectivity index (χ3v) is 6.19. The van der Waals surface area contributed by atoms with Crippen LogP contribution in [0.1, 0.15) is 33.5 Å². The van der Waals surface area contributed by atoms with Crippen molar-refractivity contribution in [1.82, 2.24) is 5.32 Å². The molecular formula is C20H21N3O4S. The van der Waals surface area contributed by atoms with Gasteiger partial charge in [-0.1, -0.05) is 12.1 Å². The minimum Gasteiger partial charge on any atom is -0.352 e. The molecule has 7 nitrogen and oxygen atoms in total. The summed E-state index contributed by atoms with van der Waals surface area (Å²) < 4.78 is 22.6. The predicted molar refractivity (Wildman–Crippen MR) is 105 cm³/mol. The lowest BCUT2D eigenvalue weighted by molar-refractivity contribution is -0.118. The normalized spacial score (nSPS) is 15.5. The van der Waals surface area contributed by atoms with Crippen LogP contribution in [0, 0.1) is 0 Å². The SMILES string of the molecule is NS(=O)(=O)c1ccc(CCNC(=O)c2cc3c4c(c2)CCN4C(=O)CC3)cc1. The average molecular weight is 399 g/mol. The van der Waals surface area contributed by atoms with Gasteiger partial charge in [0.05, 0.1) is 10.6 Å². The van der Waals surface area contributed by atoms with Crippen molar-refractivity contribution in [3.63, 3.8) is 0 Å². The highest BCUT2D eigenvalue weighted by molar-refractivity contribution is 7.89. The predicted octanol–water partition coefficient (Wildman–Crippen LogP) is 1.14. The van der Waals surface area contributed by atoms with Crippen molar-refractivity contribution in [1.29, 1.82) is 0 Å². The van der Waals surface area contributed by atoms with Crippen molar-refractivity contribution in [2.45, 2.75) is 30.6 Å². The summed E-state index contributed by atoms with van der Waals surface area (Å²) in [6.07, 6.45) is 2.53. The molecule has 0 spiro atoms. The van der Waals surface area contributed by atoms with Crippen LogP contribution in [0.25, 0.3) is 0 Å². The number of primary sulfonamides is 1. The Kier molecular flexibility index (Phi) is 4.68. The van der Waals surface area contributed by atoms with E-state index in [9.17, 15) is 18.0 Å². The van der Waals surface area contributed by atoms with Gasteiger partial charge in [-0.3, -0.25) is 9.59 Å². The van der Waals surface area contributed by atoms with Gasteiger partial charge in [0.2, 0.25) is 15.9 Å². The first-order chi connectivity index (χ1) is 13.3. The van der Waals surface area contributed by atoms with Crippen LogP contribution in [0.15, 0.2) is 41.3 Å². The maximum atomic E-state index is 12.6. The number of sulfonamides is 1. The molecule has 0 aliphatic carbocycles. The van der Waals surface area contributed by atoms with E-state index in [1.54, 1.807) is 12.1 Å². The van der Waals surface area contributed by atoms with Gasteiger partial charge in [0.1, 0.15) is 0 Å². The Morgan fingerprint density at radius 2 is 1.75 bits per heavy atom. The average Bonchev–Trinajstić information content (AvgIpc) is 3.10. The van der Waals surface area contributed by atoms with Crippen LogP contribution in [0.2, 0.25) is 0 Å². The summed E-state index contributed by atoms with van der Waals surface area (Å²) >= 11 is 0. The van der Waals surface area contributed by atoms with Gasteiger partial charge < -0.3 is 10.2 Å². The zero-order valence-corrected chi connectivity index (χ0v) is 16.1. The maximum Gasteiger partial charge on any atom is 0.251 e. The van der Waals surface area contributed by atoms with Gasteiger partial charge in [-0.15, -0.1) is 0 Å². The molecular weight excluding hydrogens is 378 g/mol. The van der Waals surface area contributed by atoms with Crippen molar-refractivity contribution >= 4 is 27.5 Å². The van der Waals surface area contributed by atoms with Crippen LogP contribution in [-0.2, 0) is 34.1 Å². The molecule has 28 heavy (non-hydrogen) atoms. The quantitative estimate of drug-likeness (QED) is 0.786. The molecule has 2 aliphatic rings. The molecule has 0 unspecified atom stereocenters. The van der Waals surface area contributed by atoms with Crippen LogP contribution in [-0.4, -0.2) is 33.3 Å². The Bertz CT molecular complexity index is 1060. The van der Waals surface area contributed by atoms with Crippen LogP contribution in [0.5, 0.6) is 0 Å². The van der Waals surface area contributed by atoms with E-state index in [1.165, 1.54) is 12.1 Å². The first kappa shape index (κ1) is 18.6. The Labute approximate surface area is 163 Å². The van der Waals surface area contributed by atoms with E-state index in [2.05, 4.69) is 5.32 Å². The molecule has 2 amide bonds. The maximum absolute atomic E-state index is 12.6. The third kappa shape index (κ3) is 3.53. The third-order valence-electron chi connectivity index (χ3n) is 5.27. The van der Waals surface area contributed by atoms with Gasteiger partial charge in [-0.05, 0) is 60.2 Å². The number of carbonyl (C=O) groups is 2. The number of nitrogens with zero attached hydrogens (tertiary/aromatic N) is 1. The minimum atomic E-state index is -3.70. The Hall–Kier alpha value is -2.71. The fourth-order valence-corrected chi connectivity index (χ4v) is 4.37. The van der Waals surface area contributed by atoms with Gasteiger partial charge in [0.15, 0.2) is 0 Å². The number of hydrogen-bond acceptors (Lipinski definition) is 4. The van der Waals surface area contributed by atoms with Crippen molar-refractivity contribution in [2.75, 3.05) is 18.0 Å². The highest BCUT2D eigenvalue weighted by atomic mass is 32.2. The van der Waals surface area contributed by atoms with E-state index in [0.717, 1.165) is 28.8 Å². The van der Waals surface area contributed by atoms with E-state index in [-0.39, 0.29) is 16.7 Å². The van der Waals surface area contributed by atoms with Gasteiger partial charge >= 0.3 is 0 Å². The molecule has 2 aromatic rings. The fraction of sp³-hybridized carbons (Fsp3) is 0.300.